The molecule has 2 rings (SSSR count). The highest BCUT2D eigenvalue weighted by Crippen LogP contribution is 2.19. The lowest BCUT2D eigenvalue weighted by Crippen LogP contribution is -2.24. The van der Waals surface area contributed by atoms with Crippen LogP contribution in [0.3, 0.4) is 0 Å². The molecule has 1 unspecified atom stereocenters. The van der Waals surface area contributed by atoms with Gasteiger partial charge in [0.2, 0.25) is 0 Å². The Balaban J connectivity index is 2.36. The van der Waals surface area contributed by atoms with Crippen LogP contribution in [0.4, 0.5) is 0 Å². The Kier molecular flexibility index (Phi) is 2.90. The fourth-order valence-electron chi connectivity index (χ4n) is 1.54. The Hall–Kier alpha value is -0.720. The minimum absolute atomic E-state index is 0.0104. The molecule has 0 aliphatic carbocycles. The van der Waals surface area contributed by atoms with Crippen molar-refractivity contribution < 1.29 is 8.42 Å². The van der Waals surface area contributed by atoms with E-state index in [1.807, 2.05) is 0 Å². The van der Waals surface area contributed by atoms with Crippen LogP contribution in [0, 0.1) is 0 Å². The van der Waals surface area contributed by atoms with Crippen LogP contribution < -0.4 is 5.32 Å². The van der Waals surface area contributed by atoms with Gasteiger partial charge in [-0.05, 0) is 13.0 Å². The summed E-state index contributed by atoms with van der Waals surface area (Å²) in [6.07, 6.45) is 1.78. The molecule has 0 amide bonds. The summed E-state index contributed by atoms with van der Waals surface area (Å²) in [6.45, 7) is 1.20. The quantitative estimate of drug-likeness (QED) is 0.760. The van der Waals surface area contributed by atoms with Crippen LogP contribution in [0.25, 0.3) is 0 Å². The second kappa shape index (κ2) is 4.03. The van der Waals surface area contributed by atoms with Gasteiger partial charge in [-0.3, -0.25) is 0 Å². The molecule has 1 saturated heterocycles. The summed E-state index contributed by atoms with van der Waals surface area (Å²) >= 11 is 5.63. The number of halogens is 1. The molecule has 0 spiro atoms. The first kappa shape index (κ1) is 10.8. The first-order chi connectivity index (χ1) is 7.10. The van der Waals surface area contributed by atoms with Crippen LogP contribution >= 0.6 is 11.6 Å². The van der Waals surface area contributed by atoms with E-state index in [-0.39, 0.29) is 10.2 Å². The minimum Gasteiger partial charge on any atom is -0.315 e. The molecular formula is C8H10ClN3O2S. The Labute approximate surface area is 92.8 Å². The van der Waals surface area contributed by atoms with Crippen LogP contribution in [0.2, 0.25) is 5.15 Å². The topological polar surface area (TPSA) is 72.0 Å². The summed E-state index contributed by atoms with van der Waals surface area (Å²) in [5, 5.41) is 2.77. The Morgan fingerprint density at radius 2 is 2.27 bits per heavy atom. The molecule has 0 radical (unpaired) electrons. The zero-order chi connectivity index (χ0) is 10.9. The van der Waals surface area contributed by atoms with Crippen LogP contribution in [-0.4, -0.2) is 36.7 Å². The van der Waals surface area contributed by atoms with Crippen LogP contribution in [0.1, 0.15) is 6.42 Å². The molecular weight excluding hydrogens is 238 g/mol. The molecule has 5 nitrogen and oxygen atoms in total. The summed E-state index contributed by atoms with van der Waals surface area (Å²) in [5.74, 6) is 0. The van der Waals surface area contributed by atoms with Gasteiger partial charge < -0.3 is 5.32 Å². The SMILES string of the molecule is O=S(=O)(c1cc(Cl)ncn1)C1CCNC1. The fourth-order valence-corrected chi connectivity index (χ4v) is 3.33. The summed E-state index contributed by atoms with van der Waals surface area (Å²) in [7, 11) is -3.36. The lowest BCUT2D eigenvalue weighted by atomic mass is 10.4. The van der Waals surface area contributed by atoms with Gasteiger partial charge in [0.05, 0.1) is 5.25 Å². The Morgan fingerprint density at radius 1 is 1.47 bits per heavy atom. The molecule has 7 heteroatoms. The third kappa shape index (κ3) is 2.11. The summed E-state index contributed by atoms with van der Waals surface area (Å²) < 4.78 is 24.0. The first-order valence-corrected chi connectivity index (χ1v) is 6.45. The second-order valence-corrected chi connectivity index (χ2v) is 5.90. The molecule has 2 heterocycles. The fraction of sp³-hybridized carbons (Fsp3) is 0.500. The molecule has 0 saturated carbocycles. The van der Waals surface area contributed by atoms with Crippen molar-refractivity contribution in [3.8, 4) is 0 Å². The molecule has 1 aliphatic rings. The van der Waals surface area contributed by atoms with Gasteiger partial charge in [-0.15, -0.1) is 0 Å². The standard InChI is InChI=1S/C8H10ClN3O2S/c9-7-3-8(12-5-11-7)15(13,14)6-1-2-10-4-6/h3,5-6,10H,1-2,4H2. The number of rotatable bonds is 2. The summed E-state index contributed by atoms with van der Waals surface area (Å²) in [4.78, 5) is 7.40. The van der Waals surface area contributed by atoms with Gasteiger partial charge in [0.25, 0.3) is 0 Å². The molecule has 1 N–H and O–H groups in total. The maximum atomic E-state index is 12.0. The molecule has 1 aromatic heterocycles. The maximum absolute atomic E-state index is 12.0. The third-order valence-electron chi connectivity index (χ3n) is 2.35. The van der Waals surface area contributed by atoms with Gasteiger partial charge >= 0.3 is 0 Å². The van der Waals surface area contributed by atoms with E-state index in [2.05, 4.69) is 15.3 Å². The van der Waals surface area contributed by atoms with E-state index < -0.39 is 15.1 Å². The van der Waals surface area contributed by atoms with Crippen molar-refractivity contribution >= 4 is 21.4 Å². The molecule has 15 heavy (non-hydrogen) atoms. The van der Waals surface area contributed by atoms with Gasteiger partial charge in [0.15, 0.2) is 14.9 Å². The van der Waals surface area contributed by atoms with Gasteiger partial charge in [-0.25, -0.2) is 18.4 Å². The van der Waals surface area contributed by atoms with E-state index in [4.69, 9.17) is 11.6 Å². The molecule has 82 valence electrons. The number of hydrogen-bond donors (Lipinski definition) is 1. The molecule has 1 atom stereocenters. The number of aromatic nitrogens is 2. The van der Waals surface area contributed by atoms with Gasteiger partial charge in [-0.2, -0.15) is 0 Å². The van der Waals surface area contributed by atoms with E-state index in [9.17, 15) is 8.42 Å². The third-order valence-corrected chi connectivity index (χ3v) is 4.65. The average Bonchev–Trinajstić information content (AvgIpc) is 2.71. The highest BCUT2D eigenvalue weighted by molar-refractivity contribution is 7.92. The van der Waals surface area contributed by atoms with Gasteiger partial charge in [0.1, 0.15) is 11.5 Å². The van der Waals surface area contributed by atoms with Crippen molar-refractivity contribution in [2.75, 3.05) is 13.1 Å². The van der Waals surface area contributed by atoms with E-state index in [1.54, 1.807) is 0 Å². The van der Waals surface area contributed by atoms with Crippen molar-refractivity contribution in [2.24, 2.45) is 0 Å². The zero-order valence-electron chi connectivity index (χ0n) is 7.85. The van der Waals surface area contributed by atoms with E-state index >= 15 is 0 Å². The van der Waals surface area contributed by atoms with E-state index in [0.29, 0.717) is 13.0 Å². The van der Waals surface area contributed by atoms with Crippen LogP contribution in [0.5, 0.6) is 0 Å². The number of nitrogens with zero attached hydrogens (tertiary/aromatic N) is 2. The monoisotopic (exact) mass is 247 g/mol. The van der Waals surface area contributed by atoms with Crippen molar-refractivity contribution in [3.63, 3.8) is 0 Å². The lowest BCUT2D eigenvalue weighted by Gasteiger charge is -2.08. The highest BCUT2D eigenvalue weighted by atomic mass is 35.5. The number of sulfone groups is 1. The van der Waals surface area contributed by atoms with E-state index in [0.717, 1.165) is 12.9 Å². The normalized spacial score (nSPS) is 21.8. The largest absolute Gasteiger partial charge is 0.315 e. The van der Waals surface area contributed by atoms with Crippen molar-refractivity contribution in [1.29, 1.82) is 0 Å². The lowest BCUT2D eigenvalue weighted by molar-refractivity contribution is 0.578. The zero-order valence-corrected chi connectivity index (χ0v) is 9.42. The molecule has 0 bridgehead atoms. The summed E-state index contributed by atoms with van der Waals surface area (Å²) in [6, 6.07) is 1.29. The summed E-state index contributed by atoms with van der Waals surface area (Å²) in [5.41, 5.74) is 0. The predicted octanol–water partition coefficient (Wildman–Crippen LogP) is 0.266. The molecule has 1 fully saturated rings. The Bertz CT molecular complexity index is 457. The average molecular weight is 248 g/mol. The predicted molar refractivity (Wildman–Crippen MR) is 55.5 cm³/mol. The van der Waals surface area contributed by atoms with Crippen molar-refractivity contribution in [3.05, 3.63) is 17.5 Å². The highest BCUT2D eigenvalue weighted by Gasteiger charge is 2.31. The van der Waals surface area contributed by atoms with Crippen molar-refractivity contribution in [2.45, 2.75) is 16.7 Å². The maximum Gasteiger partial charge on any atom is 0.199 e. The molecule has 0 aromatic carbocycles. The van der Waals surface area contributed by atoms with Crippen molar-refractivity contribution in [1.82, 2.24) is 15.3 Å². The molecule has 1 aromatic rings. The van der Waals surface area contributed by atoms with Gasteiger partial charge in [0, 0.05) is 12.6 Å². The number of nitrogens with one attached hydrogen (secondary N) is 1. The smallest absolute Gasteiger partial charge is 0.199 e. The molecule has 1 aliphatic heterocycles. The first-order valence-electron chi connectivity index (χ1n) is 4.53. The van der Waals surface area contributed by atoms with Crippen LogP contribution in [-0.2, 0) is 9.84 Å². The number of hydrogen-bond acceptors (Lipinski definition) is 5. The van der Waals surface area contributed by atoms with Crippen LogP contribution in [0.15, 0.2) is 17.4 Å². The second-order valence-electron chi connectivity index (χ2n) is 3.34. The minimum atomic E-state index is -3.36. The van der Waals surface area contributed by atoms with Gasteiger partial charge in [-0.1, -0.05) is 11.6 Å². The van der Waals surface area contributed by atoms with E-state index in [1.165, 1.54) is 6.07 Å². The Morgan fingerprint density at radius 3 is 2.87 bits per heavy atom.